The number of rotatable bonds is 6. The van der Waals surface area contributed by atoms with E-state index in [1.165, 1.54) is 6.20 Å². The molecular weight excluding hydrogens is 298 g/mol. The first-order chi connectivity index (χ1) is 10.9. The number of carboxylic acid groups (broad SMARTS) is 1. The number of benzene rings is 1. The molecule has 0 saturated carbocycles. The van der Waals surface area contributed by atoms with E-state index in [-0.39, 0.29) is 11.9 Å². The Bertz CT molecular complexity index is 722. The second-order valence-electron chi connectivity index (χ2n) is 5.35. The molecule has 23 heavy (non-hydrogen) atoms. The third-order valence-electron chi connectivity index (χ3n) is 3.23. The quantitative estimate of drug-likeness (QED) is 0.853. The van der Waals surface area contributed by atoms with Crippen molar-refractivity contribution in [3.8, 4) is 5.75 Å². The standard InChI is InChI=1S/C16H19N3O4/c1-10(2)19-11(3)14(8-17-19)16(22)18-12-5-4-6-13(7-12)23-9-15(20)21/h4-8,10H,9H2,1-3H3,(H,18,22)(H,20,21). The lowest BCUT2D eigenvalue weighted by Crippen LogP contribution is -2.14. The van der Waals surface area contributed by atoms with Gasteiger partial charge in [0.2, 0.25) is 0 Å². The van der Waals surface area contributed by atoms with Crippen LogP contribution in [0.3, 0.4) is 0 Å². The molecule has 0 radical (unpaired) electrons. The van der Waals surface area contributed by atoms with Crippen LogP contribution in [-0.2, 0) is 4.79 Å². The summed E-state index contributed by atoms with van der Waals surface area (Å²) in [5, 5.41) is 15.6. The summed E-state index contributed by atoms with van der Waals surface area (Å²) in [6, 6.07) is 6.75. The molecule has 0 fully saturated rings. The monoisotopic (exact) mass is 317 g/mol. The molecule has 1 aromatic heterocycles. The molecule has 7 heteroatoms. The molecule has 1 heterocycles. The third-order valence-corrected chi connectivity index (χ3v) is 3.23. The summed E-state index contributed by atoms with van der Waals surface area (Å²) in [6.07, 6.45) is 1.54. The molecule has 122 valence electrons. The first-order valence-corrected chi connectivity index (χ1v) is 7.18. The summed E-state index contributed by atoms with van der Waals surface area (Å²) in [4.78, 5) is 22.9. The van der Waals surface area contributed by atoms with Crippen LogP contribution >= 0.6 is 0 Å². The van der Waals surface area contributed by atoms with Gasteiger partial charge in [-0.3, -0.25) is 9.48 Å². The van der Waals surface area contributed by atoms with Crippen molar-refractivity contribution in [1.82, 2.24) is 9.78 Å². The van der Waals surface area contributed by atoms with E-state index in [0.29, 0.717) is 17.0 Å². The molecule has 7 nitrogen and oxygen atoms in total. The molecule has 0 atom stereocenters. The first kappa shape index (κ1) is 16.5. The maximum atomic E-state index is 12.3. The fourth-order valence-electron chi connectivity index (χ4n) is 2.17. The Kier molecular flexibility index (Phi) is 5.00. The van der Waals surface area contributed by atoms with Crippen molar-refractivity contribution >= 4 is 17.6 Å². The number of carbonyl (C=O) groups is 2. The molecule has 0 unspecified atom stereocenters. The largest absolute Gasteiger partial charge is 0.482 e. The summed E-state index contributed by atoms with van der Waals surface area (Å²) in [6.45, 7) is 5.39. The second-order valence-corrected chi connectivity index (χ2v) is 5.35. The number of hydrogen-bond acceptors (Lipinski definition) is 4. The molecule has 2 aromatic rings. The fourth-order valence-corrected chi connectivity index (χ4v) is 2.17. The van der Waals surface area contributed by atoms with Gasteiger partial charge in [-0.25, -0.2) is 4.79 Å². The van der Waals surface area contributed by atoms with Crippen LogP contribution in [0.5, 0.6) is 5.75 Å². The minimum Gasteiger partial charge on any atom is -0.482 e. The molecule has 1 amide bonds. The molecule has 0 spiro atoms. The molecule has 0 aliphatic heterocycles. The number of carbonyl (C=O) groups excluding carboxylic acids is 1. The Morgan fingerprint density at radius 1 is 1.39 bits per heavy atom. The van der Waals surface area contributed by atoms with Gasteiger partial charge in [0.1, 0.15) is 5.75 Å². The van der Waals surface area contributed by atoms with Gasteiger partial charge in [-0.1, -0.05) is 6.07 Å². The summed E-state index contributed by atoms with van der Waals surface area (Å²) >= 11 is 0. The van der Waals surface area contributed by atoms with E-state index in [4.69, 9.17) is 9.84 Å². The smallest absolute Gasteiger partial charge is 0.341 e. The number of amides is 1. The highest BCUT2D eigenvalue weighted by Gasteiger charge is 2.16. The number of carboxylic acids is 1. The Hall–Kier alpha value is -2.83. The van der Waals surface area contributed by atoms with Gasteiger partial charge >= 0.3 is 5.97 Å². The highest BCUT2D eigenvalue weighted by molar-refractivity contribution is 6.05. The second kappa shape index (κ2) is 6.95. The van der Waals surface area contributed by atoms with Gasteiger partial charge in [-0.15, -0.1) is 0 Å². The van der Waals surface area contributed by atoms with E-state index < -0.39 is 12.6 Å². The normalized spacial score (nSPS) is 10.6. The molecule has 0 saturated heterocycles. The topological polar surface area (TPSA) is 93.4 Å². The Balaban J connectivity index is 2.11. The summed E-state index contributed by atoms with van der Waals surface area (Å²) in [5.74, 6) is -0.958. The molecule has 2 N–H and O–H groups in total. The molecule has 0 bridgehead atoms. The SMILES string of the molecule is Cc1c(C(=O)Nc2cccc(OCC(=O)O)c2)cnn1C(C)C. The number of nitrogens with one attached hydrogen (secondary N) is 1. The molecule has 2 rings (SSSR count). The summed E-state index contributed by atoms with van der Waals surface area (Å²) in [7, 11) is 0. The number of aliphatic carboxylic acids is 1. The van der Waals surface area contributed by atoms with Crippen LogP contribution < -0.4 is 10.1 Å². The van der Waals surface area contributed by atoms with Crippen LogP contribution in [0.15, 0.2) is 30.5 Å². The number of nitrogens with zero attached hydrogens (tertiary/aromatic N) is 2. The fraction of sp³-hybridized carbons (Fsp3) is 0.312. The summed E-state index contributed by atoms with van der Waals surface area (Å²) < 4.78 is 6.87. The van der Waals surface area contributed by atoms with Gasteiger partial charge in [-0.05, 0) is 32.9 Å². The van der Waals surface area contributed by atoms with E-state index >= 15 is 0 Å². The maximum Gasteiger partial charge on any atom is 0.341 e. The van der Waals surface area contributed by atoms with Crippen LogP contribution in [0.4, 0.5) is 5.69 Å². The van der Waals surface area contributed by atoms with Crippen molar-refractivity contribution in [3.05, 3.63) is 41.7 Å². The van der Waals surface area contributed by atoms with Gasteiger partial charge in [0, 0.05) is 23.5 Å². The lowest BCUT2D eigenvalue weighted by atomic mass is 10.2. The van der Waals surface area contributed by atoms with E-state index in [0.717, 1.165) is 5.69 Å². The lowest BCUT2D eigenvalue weighted by Gasteiger charge is -2.10. The van der Waals surface area contributed by atoms with Crippen LogP contribution in [0.25, 0.3) is 0 Å². The molecular formula is C16H19N3O4. The van der Waals surface area contributed by atoms with Crippen molar-refractivity contribution in [2.24, 2.45) is 0 Å². The predicted molar refractivity (Wildman–Crippen MR) is 84.9 cm³/mol. The van der Waals surface area contributed by atoms with Crippen LogP contribution in [0.1, 0.15) is 35.9 Å². The van der Waals surface area contributed by atoms with E-state index in [1.807, 2.05) is 20.8 Å². The number of ether oxygens (including phenoxy) is 1. The number of aromatic nitrogens is 2. The summed E-state index contributed by atoms with van der Waals surface area (Å²) in [5.41, 5.74) is 1.81. The van der Waals surface area contributed by atoms with Crippen molar-refractivity contribution in [3.63, 3.8) is 0 Å². The zero-order chi connectivity index (χ0) is 17.0. The zero-order valence-electron chi connectivity index (χ0n) is 13.2. The van der Waals surface area contributed by atoms with Crippen molar-refractivity contribution in [2.45, 2.75) is 26.8 Å². The van der Waals surface area contributed by atoms with Crippen molar-refractivity contribution in [2.75, 3.05) is 11.9 Å². The zero-order valence-corrected chi connectivity index (χ0v) is 13.2. The highest BCUT2D eigenvalue weighted by Crippen LogP contribution is 2.19. The van der Waals surface area contributed by atoms with Gasteiger partial charge in [0.15, 0.2) is 6.61 Å². The van der Waals surface area contributed by atoms with Gasteiger partial charge in [0.25, 0.3) is 5.91 Å². The van der Waals surface area contributed by atoms with E-state index in [2.05, 4.69) is 10.4 Å². The molecule has 0 aliphatic rings. The average Bonchev–Trinajstić information content (AvgIpc) is 2.87. The maximum absolute atomic E-state index is 12.3. The van der Waals surface area contributed by atoms with Crippen LogP contribution in [-0.4, -0.2) is 33.4 Å². The average molecular weight is 317 g/mol. The predicted octanol–water partition coefficient (Wildman–Crippen LogP) is 2.49. The highest BCUT2D eigenvalue weighted by atomic mass is 16.5. The van der Waals surface area contributed by atoms with Gasteiger partial charge < -0.3 is 15.2 Å². The molecule has 1 aromatic carbocycles. The Morgan fingerprint density at radius 2 is 2.13 bits per heavy atom. The van der Waals surface area contributed by atoms with Crippen LogP contribution in [0.2, 0.25) is 0 Å². The van der Waals surface area contributed by atoms with E-state index in [1.54, 1.807) is 28.9 Å². The number of hydrogen-bond donors (Lipinski definition) is 2. The lowest BCUT2D eigenvalue weighted by molar-refractivity contribution is -0.139. The minimum absolute atomic E-state index is 0.171. The number of anilines is 1. The Morgan fingerprint density at radius 3 is 2.74 bits per heavy atom. The van der Waals surface area contributed by atoms with Crippen molar-refractivity contribution < 1.29 is 19.4 Å². The van der Waals surface area contributed by atoms with E-state index in [9.17, 15) is 9.59 Å². The van der Waals surface area contributed by atoms with Gasteiger partial charge in [0.05, 0.1) is 11.8 Å². The minimum atomic E-state index is -1.06. The van der Waals surface area contributed by atoms with Gasteiger partial charge in [-0.2, -0.15) is 5.10 Å². The van der Waals surface area contributed by atoms with Crippen molar-refractivity contribution in [1.29, 1.82) is 0 Å². The van der Waals surface area contributed by atoms with Crippen LogP contribution in [0, 0.1) is 6.92 Å². The Labute approximate surface area is 133 Å². The third kappa shape index (κ3) is 4.09. The molecule has 0 aliphatic carbocycles. The first-order valence-electron chi connectivity index (χ1n) is 7.18.